The molecule has 0 aromatic heterocycles. The van der Waals surface area contributed by atoms with Gasteiger partial charge in [0.1, 0.15) is 6.67 Å². The van der Waals surface area contributed by atoms with Gasteiger partial charge in [0, 0.05) is 17.8 Å². The van der Waals surface area contributed by atoms with Crippen LogP contribution in [0.25, 0.3) is 0 Å². The smallest absolute Gasteiger partial charge is 0.156 e. The van der Waals surface area contributed by atoms with Crippen molar-refractivity contribution >= 4 is 11.5 Å². The molecule has 1 aliphatic heterocycles. The van der Waals surface area contributed by atoms with Crippen molar-refractivity contribution in [2.45, 2.75) is 6.54 Å². The van der Waals surface area contributed by atoms with Crippen molar-refractivity contribution < 1.29 is 5.21 Å². The summed E-state index contributed by atoms with van der Waals surface area (Å²) in [6, 6.07) is 17.8. The van der Waals surface area contributed by atoms with E-state index in [1.807, 2.05) is 42.5 Å². The maximum absolute atomic E-state index is 9.84. The Morgan fingerprint density at radius 3 is 2.47 bits per heavy atom. The molecule has 0 unspecified atom stereocenters. The first-order valence-corrected chi connectivity index (χ1v) is 6.19. The number of rotatable bonds is 2. The molecule has 0 saturated carbocycles. The van der Waals surface area contributed by atoms with Crippen LogP contribution < -0.4 is 4.90 Å². The van der Waals surface area contributed by atoms with Crippen LogP contribution in [0.2, 0.25) is 0 Å². The van der Waals surface area contributed by atoms with Crippen LogP contribution in [-0.2, 0) is 6.54 Å². The van der Waals surface area contributed by atoms with Gasteiger partial charge in [-0.05, 0) is 17.7 Å². The van der Waals surface area contributed by atoms with Crippen molar-refractivity contribution in [2.24, 2.45) is 0 Å². The average Bonchev–Trinajstić information content (AvgIpc) is 2.46. The predicted octanol–water partition coefficient (Wildman–Crippen LogP) is 2.68. The van der Waals surface area contributed by atoms with Gasteiger partial charge < -0.3 is 4.90 Å². The third kappa shape index (κ3) is 2.18. The number of fused-ring (bicyclic) bond motifs is 1. The maximum atomic E-state index is 9.84. The minimum Gasteiger partial charge on any atom is -0.347 e. The number of para-hydroxylation sites is 1. The first-order chi connectivity index (χ1) is 9.25. The van der Waals surface area contributed by atoms with Crippen LogP contribution in [0.4, 0.5) is 5.69 Å². The molecular formula is C15H15N3O. The van der Waals surface area contributed by atoms with Crippen LogP contribution in [0.1, 0.15) is 11.1 Å². The van der Waals surface area contributed by atoms with E-state index in [1.54, 1.807) is 0 Å². The van der Waals surface area contributed by atoms with E-state index in [0.717, 1.165) is 16.3 Å². The zero-order valence-electron chi connectivity index (χ0n) is 10.5. The second-order valence-electron chi connectivity index (χ2n) is 4.59. The summed E-state index contributed by atoms with van der Waals surface area (Å²) in [6.45, 7) is 1.02. The summed E-state index contributed by atoms with van der Waals surface area (Å²) >= 11 is 0. The van der Waals surface area contributed by atoms with Crippen LogP contribution in [-0.4, -0.2) is 22.8 Å². The average molecular weight is 253 g/mol. The quantitative estimate of drug-likeness (QED) is 0.865. The summed E-state index contributed by atoms with van der Waals surface area (Å²) in [5.74, 6) is 0.153. The van der Waals surface area contributed by atoms with Gasteiger partial charge in [0.25, 0.3) is 0 Å². The Morgan fingerprint density at radius 2 is 1.68 bits per heavy atom. The van der Waals surface area contributed by atoms with E-state index in [4.69, 9.17) is 5.41 Å². The Hall–Kier alpha value is -2.33. The second-order valence-corrected chi connectivity index (χ2v) is 4.59. The number of anilines is 1. The lowest BCUT2D eigenvalue weighted by Gasteiger charge is -2.36. The molecule has 2 aromatic rings. The SMILES string of the molecule is N=C1c2ccccc2N(Cc2ccccc2)CN1O. The van der Waals surface area contributed by atoms with Crippen LogP contribution in [0.3, 0.4) is 0 Å². The molecule has 3 rings (SSSR count). The summed E-state index contributed by atoms with van der Waals surface area (Å²) in [4.78, 5) is 2.06. The van der Waals surface area contributed by atoms with Crippen LogP contribution >= 0.6 is 0 Å². The molecule has 0 spiro atoms. The van der Waals surface area contributed by atoms with E-state index in [-0.39, 0.29) is 5.84 Å². The van der Waals surface area contributed by atoms with Crippen molar-refractivity contribution in [2.75, 3.05) is 11.6 Å². The molecular weight excluding hydrogens is 238 g/mol. The summed E-state index contributed by atoms with van der Waals surface area (Å²) in [5.41, 5.74) is 2.92. The Morgan fingerprint density at radius 1 is 1.00 bits per heavy atom. The van der Waals surface area contributed by atoms with E-state index >= 15 is 0 Å². The van der Waals surface area contributed by atoms with Crippen LogP contribution in [0, 0.1) is 5.41 Å². The number of hydrogen-bond donors (Lipinski definition) is 2. The van der Waals surface area contributed by atoms with Crippen molar-refractivity contribution in [1.82, 2.24) is 5.06 Å². The topological polar surface area (TPSA) is 50.6 Å². The molecule has 2 N–H and O–H groups in total. The van der Waals surface area contributed by atoms with Gasteiger partial charge in [-0.2, -0.15) is 0 Å². The monoisotopic (exact) mass is 253 g/mol. The Kier molecular flexibility index (Phi) is 2.93. The highest BCUT2D eigenvalue weighted by atomic mass is 16.5. The van der Waals surface area contributed by atoms with E-state index < -0.39 is 0 Å². The molecule has 19 heavy (non-hydrogen) atoms. The number of hydrogen-bond acceptors (Lipinski definition) is 3. The minimum atomic E-state index is 0.153. The molecule has 0 amide bonds. The van der Waals surface area contributed by atoms with E-state index in [2.05, 4.69) is 17.0 Å². The number of nitrogens with one attached hydrogen (secondary N) is 1. The molecule has 0 aliphatic carbocycles. The highest BCUT2D eigenvalue weighted by molar-refractivity contribution is 6.02. The number of amidine groups is 1. The van der Waals surface area contributed by atoms with E-state index in [9.17, 15) is 5.21 Å². The fourth-order valence-corrected chi connectivity index (χ4v) is 2.34. The van der Waals surface area contributed by atoms with Gasteiger partial charge in [0.05, 0.1) is 0 Å². The van der Waals surface area contributed by atoms with Crippen molar-refractivity contribution in [3.63, 3.8) is 0 Å². The van der Waals surface area contributed by atoms with Crippen molar-refractivity contribution in [3.8, 4) is 0 Å². The third-order valence-corrected chi connectivity index (χ3v) is 3.28. The summed E-state index contributed by atoms with van der Waals surface area (Å²) < 4.78 is 0. The lowest BCUT2D eigenvalue weighted by molar-refractivity contribution is -0.0170. The molecule has 0 radical (unpaired) electrons. The van der Waals surface area contributed by atoms with Gasteiger partial charge in [-0.15, -0.1) is 0 Å². The van der Waals surface area contributed by atoms with Gasteiger partial charge in [0.2, 0.25) is 0 Å². The molecule has 1 aliphatic rings. The van der Waals surface area contributed by atoms with Crippen molar-refractivity contribution in [1.29, 1.82) is 5.41 Å². The highest BCUT2D eigenvalue weighted by Gasteiger charge is 2.25. The zero-order valence-corrected chi connectivity index (χ0v) is 10.5. The standard InChI is InChI=1S/C15H15N3O/c16-15-13-8-4-5-9-14(13)17(11-18(15)19)10-12-6-2-1-3-7-12/h1-9,16,19H,10-11H2. The van der Waals surface area contributed by atoms with Crippen LogP contribution in [0.15, 0.2) is 54.6 Å². The summed E-state index contributed by atoms with van der Waals surface area (Å²) in [7, 11) is 0. The van der Waals surface area contributed by atoms with E-state index in [0.29, 0.717) is 13.2 Å². The Bertz CT molecular complexity index is 597. The largest absolute Gasteiger partial charge is 0.347 e. The molecule has 4 heteroatoms. The second kappa shape index (κ2) is 4.74. The first-order valence-electron chi connectivity index (χ1n) is 6.19. The Balaban J connectivity index is 1.95. The normalized spacial score (nSPS) is 14.5. The van der Waals surface area contributed by atoms with E-state index in [1.165, 1.54) is 5.56 Å². The van der Waals surface area contributed by atoms with Gasteiger partial charge in [0.15, 0.2) is 5.84 Å². The van der Waals surface area contributed by atoms with Gasteiger partial charge in [-0.1, -0.05) is 42.5 Å². The fourth-order valence-electron chi connectivity index (χ4n) is 2.34. The molecule has 1 heterocycles. The number of hydroxylamine groups is 2. The molecule has 96 valence electrons. The van der Waals surface area contributed by atoms with Crippen molar-refractivity contribution in [3.05, 3.63) is 65.7 Å². The molecule has 0 bridgehead atoms. The minimum absolute atomic E-state index is 0.153. The lowest BCUT2D eigenvalue weighted by atomic mass is 10.1. The van der Waals surface area contributed by atoms with Gasteiger partial charge >= 0.3 is 0 Å². The summed E-state index contributed by atoms with van der Waals surface area (Å²) in [5, 5.41) is 18.7. The molecule has 0 atom stereocenters. The first kappa shape index (κ1) is 11.7. The fraction of sp³-hybridized carbons (Fsp3) is 0.133. The molecule has 0 fully saturated rings. The predicted molar refractivity (Wildman–Crippen MR) is 74.4 cm³/mol. The highest BCUT2D eigenvalue weighted by Crippen LogP contribution is 2.27. The summed E-state index contributed by atoms with van der Waals surface area (Å²) in [6.07, 6.45) is 0. The molecule has 2 aromatic carbocycles. The molecule has 0 saturated heterocycles. The molecule has 4 nitrogen and oxygen atoms in total. The number of nitrogens with zero attached hydrogens (tertiary/aromatic N) is 2. The van der Waals surface area contributed by atoms with Gasteiger partial charge in [-0.25, -0.2) is 5.06 Å². The number of benzene rings is 2. The Labute approximate surface area is 112 Å². The van der Waals surface area contributed by atoms with Crippen LogP contribution in [0.5, 0.6) is 0 Å². The van der Waals surface area contributed by atoms with Gasteiger partial charge in [-0.3, -0.25) is 10.6 Å². The zero-order chi connectivity index (χ0) is 13.2. The lowest BCUT2D eigenvalue weighted by Crippen LogP contribution is -2.44. The maximum Gasteiger partial charge on any atom is 0.156 e. The third-order valence-electron chi connectivity index (χ3n) is 3.28.